The standard InChI is InChI=1S/C23H19N5O3/c1-11-5-7-12(8-6-11)17-9-14(28-31-17)18-19-15(29)3-2-4-16(19)30-23-20(18)21(25)13(10-24)22(26)27-23/h5-9,18H,2-4H2,1H3,(H4,25,26,27). The highest BCUT2D eigenvalue weighted by atomic mass is 16.5. The van der Waals surface area contributed by atoms with Gasteiger partial charge in [0, 0.05) is 30.0 Å². The van der Waals surface area contributed by atoms with Crippen LogP contribution in [0.25, 0.3) is 11.3 Å². The van der Waals surface area contributed by atoms with Gasteiger partial charge >= 0.3 is 0 Å². The number of pyridine rings is 1. The number of ether oxygens (including phenoxy) is 1. The van der Waals surface area contributed by atoms with Crippen molar-refractivity contribution < 1.29 is 14.1 Å². The molecular formula is C23H19N5O3. The van der Waals surface area contributed by atoms with Gasteiger partial charge in [-0.15, -0.1) is 0 Å². The van der Waals surface area contributed by atoms with Crippen molar-refractivity contribution in [2.24, 2.45) is 0 Å². The molecule has 8 heteroatoms. The zero-order chi connectivity index (χ0) is 21.7. The van der Waals surface area contributed by atoms with Crippen molar-refractivity contribution in [3.8, 4) is 23.3 Å². The molecule has 3 aromatic rings. The zero-order valence-electron chi connectivity index (χ0n) is 16.8. The van der Waals surface area contributed by atoms with Crippen molar-refractivity contribution in [3.05, 3.63) is 64.0 Å². The monoisotopic (exact) mass is 413 g/mol. The minimum absolute atomic E-state index is 0.0100. The molecule has 0 fully saturated rings. The van der Waals surface area contributed by atoms with Crippen LogP contribution in [0, 0.1) is 18.3 Å². The molecule has 5 rings (SSSR count). The third-order valence-corrected chi connectivity index (χ3v) is 5.75. The Morgan fingerprint density at radius 1 is 1.19 bits per heavy atom. The molecule has 1 aromatic carbocycles. The van der Waals surface area contributed by atoms with Crippen molar-refractivity contribution >= 4 is 17.3 Å². The lowest BCUT2D eigenvalue weighted by Crippen LogP contribution is -2.27. The van der Waals surface area contributed by atoms with E-state index in [1.807, 2.05) is 37.3 Å². The largest absolute Gasteiger partial charge is 0.442 e. The van der Waals surface area contributed by atoms with Crippen LogP contribution in [0.5, 0.6) is 5.88 Å². The SMILES string of the molecule is Cc1ccc(-c2cc(C3C4=C(CCCC4=O)Oc4nc(N)c(C#N)c(N)c43)no2)cc1. The van der Waals surface area contributed by atoms with Crippen LogP contribution in [0.2, 0.25) is 0 Å². The van der Waals surface area contributed by atoms with Gasteiger partial charge < -0.3 is 20.7 Å². The van der Waals surface area contributed by atoms with Gasteiger partial charge in [-0.25, -0.2) is 0 Å². The van der Waals surface area contributed by atoms with Crippen LogP contribution in [0.1, 0.15) is 47.6 Å². The molecule has 0 radical (unpaired) electrons. The van der Waals surface area contributed by atoms with Crippen molar-refractivity contribution in [2.45, 2.75) is 32.1 Å². The van der Waals surface area contributed by atoms with Gasteiger partial charge in [0.05, 0.1) is 22.9 Å². The van der Waals surface area contributed by atoms with Gasteiger partial charge in [0.2, 0.25) is 5.88 Å². The van der Waals surface area contributed by atoms with Crippen LogP contribution < -0.4 is 16.2 Å². The summed E-state index contributed by atoms with van der Waals surface area (Å²) in [7, 11) is 0. The Morgan fingerprint density at radius 2 is 1.97 bits per heavy atom. The first kappa shape index (κ1) is 18.9. The summed E-state index contributed by atoms with van der Waals surface area (Å²) in [6.07, 6.45) is 1.69. The fourth-order valence-electron chi connectivity index (χ4n) is 4.19. The van der Waals surface area contributed by atoms with E-state index in [1.54, 1.807) is 6.07 Å². The van der Waals surface area contributed by atoms with Crippen LogP contribution in [-0.2, 0) is 4.79 Å². The maximum Gasteiger partial charge on any atom is 0.227 e. The molecule has 0 amide bonds. The number of rotatable bonds is 2. The van der Waals surface area contributed by atoms with Crippen molar-refractivity contribution in [1.29, 1.82) is 5.26 Å². The summed E-state index contributed by atoms with van der Waals surface area (Å²) in [6, 6.07) is 11.6. The number of benzene rings is 1. The molecule has 154 valence electrons. The minimum atomic E-state index is -0.644. The van der Waals surface area contributed by atoms with Crippen molar-refractivity contribution in [1.82, 2.24) is 10.1 Å². The fourth-order valence-corrected chi connectivity index (χ4v) is 4.19. The summed E-state index contributed by atoms with van der Waals surface area (Å²) < 4.78 is 11.6. The summed E-state index contributed by atoms with van der Waals surface area (Å²) in [5.41, 5.74) is 15.9. The minimum Gasteiger partial charge on any atom is -0.442 e. The van der Waals surface area contributed by atoms with Gasteiger partial charge in [0.15, 0.2) is 11.5 Å². The summed E-state index contributed by atoms with van der Waals surface area (Å²) >= 11 is 0. The van der Waals surface area contributed by atoms with E-state index in [2.05, 4.69) is 10.1 Å². The van der Waals surface area contributed by atoms with Crippen LogP contribution in [0.15, 0.2) is 46.2 Å². The lowest BCUT2D eigenvalue weighted by Gasteiger charge is -2.31. The maximum absolute atomic E-state index is 12.9. The third kappa shape index (κ3) is 2.94. The molecule has 1 aliphatic heterocycles. The first-order valence-corrected chi connectivity index (χ1v) is 9.94. The molecular weight excluding hydrogens is 394 g/mol. The molecule has 8 nitrogen and oxygen atoms in total. The summed E-state index contributed by atoms with van der Waals surface area (Å²) in [6.45, 7) is 2.01. The number of carbonyl (C=O) groups is 1. The summed E-state index contributed by atoms with van der Waals surface area (Å²) in [4.78, 5) is 17.2. The van der Waals surface area contributed by atoms with Crippen LogP contribution >= 0.6 is 0 Å². The molecule has 1 unspecified atom stereocenters. The summed E-state index contributed by atoms with van der Waals surface area (Å²) in [5, 5.41) is 13.8. The highest BCUT2D eigenvalue weighted by Gasteiger charge is 2.41. The highest BCUT2D eigenvalue weighted by molar-refractivity contribution is 6.00. The first-order valence-electron chi connectivity index (χ1n) is 9.94. The number of Topliss-reactive ketones (excluding diaryl/α,β-unsaturated/α-hetero) is 1. The van der Waals surface area contributed by atoms with E-state index < -0.39 is 5.92 Å². The number of aromatic nitrogens is 2. The molecule has 4 N–H and O–H groups in total. The average Bonchev–Trinajstić information content (AvgIpc) is 3.23. The smallest absolute Gasteiger partial charge is 0.227 e. The molecule has 3 heterocycles. The third-order valence-electron chi connectivity index (χ3n) is 5.75. The Labute approximate surface area is 178 Å². The van der Waals surface area contributed by atoms with Gasteiger partial charge in [-0.05, 0) is 13.3 Å². The number of anilines is 2. The normalized spacial score (nSPS) is 17.5. The number of nitrogens with two attached hydrogens (primary N) is 2. The molecule has 0 saturated carbocycles. The highest BCUT2D eigenvalue weighted by Crippen LogP contribution is 2.49. The Balaban J connectivity index is 1.71. The Bertz CT molecular complexity index is 1300. The van der Waals surface area contributed by atoms with E-state index in [0.29, 0.717) is 47.6 Å². The average molecular weight is 413 g/mol. The molecule has 0 bridgehead atoms. The molecule has 31 heavy (non-hydrogen) atoms. The maximum atomic E-state index is 12.9. The number of aryl methyl sites for hydroxylation is 1. The molecule has 0 saturated heterocycles. The second-order valence-corrected chi connectivity index (χ2v) is 7.75. The van der Waals surface area contributed by atoms with Crippen LogP contribution in [0.4, 0.5) is 11.5 Å². The van der Waals surface area contributed by atoms with Gasteiger partial charge in [-0.3, -0.25) is 4.79 Å². The lowest BCUT2D eigenvalue weighted by molar-refractivity contribution is -0.116. The van der Waals surface area contributed by atoms with Crippen LogP contribution in [-0.4, -0.2) is 15.9 Å². The van der Waals surface area contributed by atoms with E-state index in [9.17, 15) is 10.1 Å². The topological polar surface area (TPSA) is 141 Å². The fraction of sp³-hybridized carbons (Fsp3) is 0.217. The number of hydrogen-bond acceptors (Lipinski definition) is 8. The second-order valence-electron chi connectivity index (χ2n) is 7.75. The number of hydrogen-bond donors (Lipinski definition) is 2. The second kappa shape index (κ2) is 6.99. The Morgan fingerprint density at radius 3 is 2.71 bits per heavy atom. The molecule has 2 aromatic heterocycles. The Kier molecular flexibility index (Phi) is 4.26. The molecule has 1 aliphatic carbocycles. The van der Waals surface area contributed by atoms with E-state index >= 15 is 0 Å². The van der Waals surface area contributed by atoms with E-state index in [4.69, 9.17) is 20.7 Å². The van der Waals surface area contributed by atoms with Gasteiger partial charge in [0.1, 0.15) is 23.2 Å². The lowest BCUT2D eigenvalue weighted by atomic mass is 9.78. The number of nitrogens with zero attached hydrogens (tertiary/aromatic N) is 3. The quantitative estimate of drug-likeness (QED) is 0.649. The number of carbonyl (C=O) groups excluding carboxylic acids is 1. The van der Waals surface area contributed by atoms with Gasteiger partial charge in [-0.2, -0.15) is 10.2 Å². The van der Waals surface area contributed by atoms with E-state index in [1.165, 1.54) is 0 Å². The van der Waals surface area contributed by atoms with Crippen molar-refractivity contribution in [3.63, 3.8) is 0 Å². The summed E-state index contributed by atoms with van der Waals surface area (Å²) in [5.74, 6) is 0.623. The predicted octanol–water partition coefficient (Wildman–Crippen LogP) is 3.61. The zero-order valence-corrected chi connectivity index (χ0v) is 16.8. The van der Waals surface area contributed by atoms with Gasteiger partial charge in [0.25, 0.3) is 0 Å². The predicted molar refractivity (Wildman–Crippen MR) is 113 cm³/mol. The number of allylic oxidation sites excluding steroid dienone is 2. The first-order chi connectivity index (χ1) is 15.0. The molecule has 0 spiro atoms. The van der Waals surface area contributed by atoms with E-state index in [0.717, 1.165) is 11.1 Å². The number of fused-ring (bicyclic) bond motifs is 1. The van der Waals surface area contributed by atoms with E-state index in [-0.39, 0.29) is 28.7 Å². The van der Waals surface area contributed by atoms with Gasteiger partial charge in [-0.1, -0.05) is 35.0 Å². The molecule has 2 aliphatic rings. The Hall–Kier alpha value is -4.12. The number of ketones is 1. The molecule has 1 atom stereocenters. The van der Waals surface area contributed by atoms with Crippen molar-refractivity contribution in [2.75, 3.05) is 11.5 Å². The number of nitriles is 1. The van der Waals surface area contributed by atoms with Crippen LogP contribution in [0.3, 0.4) is 0 Å². The number of nitrogen functional groups attached to an aromatic ring is 2.